The first-order chi connectivity index (χ1) is 11.5. The second-order valence-corrected chi connectivity index (χ2v) is 6.19. The minimum Gasteiger partial charge on any atom is -0.496 e. The molecule has 0 bridgehead atoms. The van der Waals surface area contributed by atoms with Crippen LogP contribution in [0.2, 0.25) is 0 Å². The number of rotatable bonds is 7. The number of benzene rings is 1. The molecule has 2 aromatic rings. The Morgan fingerprint density at radius 2 is 2.17 bits per heavy atom. The van der Waals surface area contributed by atoms with Gasteiger partial charge < -0.3 is 9.47 Å². The SMILES string of the molecule is COCc1cc(/C(C)=N\NC(=O)Cc2nc(C)cs2)ccc1OC. The highest BCUT2D eigenvalue weighted by atomic mass is 32.1. The lowest BCUT2D eigenvalue weighted by Crippen LogP contribution is -2.21. The van der Waals surface area contributed by atoms with Crippen LogP contribution in [-0.2, 0) is 22.6 Å². The summed E-state index contributed by atoms with van der Waals surface area (Å²) >= 11 is 1.47. The topological polar surface area (TPSA) is 72.8 Å². The minimum atomic E-state index is -0.186. The molecule has 2 rings (SSSR count). The van der Waals surface area contributed by atoms with Crippen molar-refractivity contribution in [2.45, 2.75) is 26.9 Å². The number of thiazole rings is 1. The fraction of sp³-hybridized carbons (Fsp3) is 0.353. The second-order valence-electron chi connectivity index (χ2n) is 5.25. The van der Waals surface area contributed by atoms with Gasteiger partial charge in [-0.25, -0.2) is 10.4 Å². The molecule has 0 atom stereocenters. The van der Waals surface area contributed by atoms with E-state index in [-0.39, 0.29) is 12.3 Å². The Morgan fingerprint density at radius 1 is 1.38 bits per heavy atom. The van der Waals surface area contributed by atoms with Gasteiger partial charge in [0.05, 0.1) is 25.8 Å². The molecule has 1 amide bonds. The zero-order chi connectivity index (χ0) is 17.5. The van der Waals surface area contributed by atoms with E-state index < -0.39 is 0 Å². The summed E-state index contributed by atoms with van der Waals surface area (Å²) in [6, 6.07) is 5.70. The number of hydrazone groups is 1. The van der Waals surface area contributed by atoms with E-state index in [0.29, 0.717) is 12.3 Å². The maximum atomic E-state index is 11.9. The fourth-order valence-electron chi connectivity index (χ4n) is 2.14. The summed E-state index contributed by atoms with van der Waals surface area (Å²) in [5.74, 6) is 0.575. The van der Waals surface area contributed by atoms with Crippen LogP contribution < -0.4 is 10.2 Å². The van der Waals surface area contributed by atoms with Crippen molar-refractivity contribution in [2.24, 2.45) is 5.10 Å². The lowest BCUT2D eigenvalue weighted by Gasteiger charge is -2.10. The maximum Gasteiger partial charge on any atom is 0.246 e. The van der Waals surface area contributed by atoms with E-state index in [1.54, 1.807) is 14.2 Å². The van der Waals surface area contributed by atoms with Crippen LogP contribution in [0.5, 0.6) is 5.75 Å². The average molecular weight is 347 g/mol. The maximum absolute atomic E-state index is 11.9. The number of nitrogens with one attached hydrogen (secondary N) is 1. The zero-order valence-corrected chi connectivity index (χ0v) is 15.1. The third kappa shape index (κ3) is 4.87. The summed E-state index contributed by atoms with van der Waals surface area (Å²) < 4.78 is 10.5. The van der Waals surface area contributed by atoms with E-state index in [1.807, 2.05) is 37.4 Å². The molecule has 7 heteroatoms. The number of hydrogen-bond donors (Lipinski definition) is 1. The lowest BCUT2D eigenvalue weighted by molar-refractivity contribution is -0.120. The average Bonchev–Trinajstić information content (AvgIpc) is 2.97. The van der Waals surface area contributed by atoms with Crippen molar-refractivity contribution in [3.8, 4) is 5.75 Å². The molecule has 0 radical (unpaired) electrons. The number of aromatic nitrogens is 1. The normalized spacial score (nSPS) is 11.4. The van der Waals surface area contributed by atoms with Gasteiger partial charge in [0.1, 0.15) is 10.8 Å². The van der Waals surface area contributed by atoms with E-state index in [4.69, 9.17) is 9.47 Å². The molecule has 0 aliphatic rings. The molecule has 0 aliphatic carbocycles. The fourth-order valence-corrected chi connectivity index (χ4v) is 2.91. The zero-order valence-electron chi connectivity index (χ0n) is 14.3. The molecule has 128 valence electrons. The minimum absolute atomic E-state index is 0.186. The van der Waals surface area contributed by atoms with Crippen molar-refractivity contribution < 1.29 is 14.3 Å². The summed E-state index contributed by atoms with van der Waals surface area (Å²) in [4.78, 5) is 16.2. The van der Waals surface area contributed by atoms with Gasteiger partial charge in [0, 0.05) is 23.7 Å². The van der Waals surface area contributed by atoms with Gasteiger partial charge in [-0.3, -0.25) is 4.79 Å². The molecule has 0 unspecified atom stereocenters. The molecule has 0 spiro atoms. The van der Waals surface area contributed by atoms with Gasteiger partial charge in [0.15, 0.2) is 0 Å². The van der Waals surface area contributed by atoms with Crippen LogP contribution in [0.4, 0.5) is 0 Å². The number of carbonyl (C=O) groups is 1. The number of ether oxygens (including phenoxy) is 2. The van der Waals surface area contributed by atoms with Crippen LogP contribution in [0.25, 0.3) is 0 Å². The van der Waals surface area contributed by atoms with Crippen LogP contribution >= 0.6 is 11.3 Å². The molecule has 0 saturated heterocycles. The Labute approximate surface area is 145 Å². The molecule has 6 nitrogen and oxygen atoms in total. The number of amides is 1. The van der Waals surface area contributed by atoms with Gasteiger partial charge in [-0.05, 0) is 37.6 Å². The summed E-state index contributed by atoms with van der Waals surface area (Å²) in [7, 11) is 3.25. The van der Waals surface area contributed by atoms with Crippen LogP contribution in [0.1, 0.15) is 28.8 Å². The summed E-state index contributed by atoms with van der Waals surface area (Å²) in [5, 5.41) is 6.87. The predicted octanol–water partition coefficient (Wildman–Crippen LogP) is 2.69. The summed E-state index contributed by atoms with van der Waals surface area (Å²) in [6.45, 7) is 4.19. The van der Waals surface area contributed by atoms with Gasteiger partial charge in [-0.2, -0.15) is 5.10 Å². The highest BCUT2D eigenvalue weighted by Gasteiger charge is 2.08. The highest BCUT2D eigenvalue weighted by Crippen LogP contribution is 2.21. The Bertz CT molecular complexity index is 740. The quantitative estimate of drug-likeness (QED) is 0.617. The first-order valence-corrected chi connectivity index (χ1v) is 8.31. The van der Waals surface area contributed by atoms with E-state index in [0.717, 1.165) is 27.6 Å². The third-order valence-electron chi connectivity index (χ3n) is 3.32. The van der Waals surface area contributed by atoms with Gasteiger partial charge in [0.25, 0.3) is 0 Å². The number of nitrogens with zero attached hydrogens (tertiary/aromatic N) is 2. The summed E-state index contributed by atoms with van der Waals surface area (Å²) in [6.07, 6.45) is 0.229. The Hall–Kier alpha value is -2.25. The van der Waals surface area contributed by atoms with Gasteiger partial charge >= 0.3 is 0 Å². The molecular formula is C17H21N3O3S. The molecule has 1 aromatic heterocycles. The monoisotopic (exact) mass is 347 g/mol. The molecule has 1 aromatic carbocycles. The standard InChI is InChI=1S/C17H21N3O3S/c1-11-10-24-17(18-11)8-16(21)20-19-12(2)13-5-6-15(23-4)14(7-13)9-22-3/h5-7,10H,8-9H2,1-4H3,(H,20,21)/b19-12-. The second kappa shape index (κ2) is 8.56. The molecule has 1 heterocycles. The Morgan fingerprint density at radius 3 is 2.79 bits per heavy atom. The van der Waals surface area contributed by atoms with Crippen molar-refractivity contribution in [3.05, 3.63) is 45.4 Å². The molecule has 24 heavy (non-hydrogen) atoms. The molecule has 0 fully saturated rings. The van der Waals surface area contributed by atoms with E-state index in [1.165, 1.54) is 11.3 Å². The highest BCUT2D eigenvalue weighted by molar-refractivity contribution is 7.09. The third-order valence-corrected chi connectivity index (χ3v) is 4.29. The molecule has 0 aliphatic heterocycles. The molecular weight excluding hydrogens is 326 g/mol. The van der Waals surface area contributed by atoms with Crippen molar-refractivity contribution in [1.82, 2.24) is 10.4 Å². The van der Waals surface area contributed by atoms with E-state index in [9.17, 15) is 4.79 Å². The van der Waals surface area contributed by atoms with Gasteiger partial charge in [-0.1, -0.05) is 0 Å². The smallest absolute Gasteiger partial charge is 0.246 e. The summed E-state index contributed by atoms with van der Waals surface area (Å²) in [5.41, 5.74) is 6.03. The van der Waals surface area contributed by atoms with Crippen LogP contribution in [0, 0.1) is 6.92 Å². The number of hydrogen-bond acceptors (Lipinski definition) is 6. The van der Waals surface area contributed by atoms with Crippen molar-refractivity contribution in [3.63, 3.8) is 0 Å². The van der Waals surface area contributed by atoms with E-state index in [2.05, 4.69) is 15.5 Å². The number of aryl methyl sites for hydroxylation is 1. The molecule has 0 saturated carbocycles. The van der Waals surface area contributed by atoms with Crippen molar-refractivity contribution in [2.75, 3.05) is 14.2 Å². The van der Waals surface area contributed by atoms with E-state index >= 15 is 0 Å². The van der Waals surface area contributed by atoms with Crippen LogP contribution in [0.15, 0.2) is 28.7 Å². The molecule has 1 N–H and O–H groups in total. The predicted molar refractivity (Wildman–Crippen MR) is 94.6 cm³/mol. The van der Waals surface area contributed by atoms with Gasteiger partial charge in [-0.15, -0.1) is 11.3 Å². The number of methoxy groups -OCH3 is 2. The first kappa shape index (κ1) is 18.1. The Balaban J connectivity index is 2.04. The first-order valence-electron chi connectivity index (χ1n) is 7.44. The van der Waals surface area contributed by atoms with Gasteiger partial charge in [0.2, 0.25) is 5.91 Å². The lowest BCUT2D eigenvalue weighted by atomic mass is 10.1. The van der Waals surface area contributed by atoms with Crippen LogP contribution in [0.3, 0.4) is 0 Å². The van der Waals surface area contributed by atoms with Crippen molar-refractivity contribution in [1.29, 1.82) is 0 Å². The van der Waals surface area contributed by atoms with Crippen LogP contribution in [-0.4, -0.2) is 30.8 Å². The largest absolute Gasteiger partial charge is 0.496 e. The Kier molecular flexibility index (Phi) is 6.45. The van der Waals surface area contributed by atoms with Crippen molar-refractivity contribution >= 4 is 23.0 Å². The number of carbonyl (C=O) groups excluding carboxylic acids is 1.